The fourth-order valence-corrected chi connectivity index (χ4v) is 3.20. The van der Waals surface area contributed by atoms with E-state index in [2.05, 4.69) is 49.4 Å². The van der Waals surface area contributed by atoms with Crippen molar-refractivity contribution in [1.82, 2.24) is 5.32 Å². The first-order valence-electron chi connectivity index (χ1n) is 6.54. The first kappa shape index (κ1) is 15.0. The van der Waals surface area contributed by atoms with Gasteiger partial charge in [0.15, 0.2) is 0 Å². The highest BCUT2D eigenvalue weighted by Crippen LogP contribution is 2.35. The molecule has 19 heavy (non-hydrogen) atoms. The summed E-state index contributed by atoms with van der Waals surface area (Å²) in [5.74, 6) is 0.135. The second-order valence-electron chi connectivity index (χ2n) is 4.96. The molecule has 0 radical (unpaired) electrons. The van der Waals surface area contributed by atoms with E-state index in [1.165, 1.54) is 0 Å². The Labute approximate surface area is 130 Å². The van der Waals surface area contributed by atoms with E-state index >= 15 is 0 Å². The maximum absolute atomic E-state index is 12.6. The van der Waals surface area contributed by atoms with Gasteiger partial charge in [0, 0.05) is 8.95 Å². The molecule has 1 aliphatic rings. The molecule has 1 heterocycles. The molecule has 2 rings (SSSR count). The zero-order chi connectivity index (χ0) is 13.9. The lowest BCUT2D eigenvalue weighted by atomic mass is 9.76. The van der Waals surface area contributed by atoms with Gasteiger partial charge in [-0.2, -0.15) is 0 Å². The molecule has 0 saturated carbocycles. The van der Waals surface area contributed by atoms with Crippen LogP contribution in [-0.2, 0) is 4.79 Å². The second-order valence-corrected chi connectivity index (χ2v) is 6.73. The van der Waals surface area contributed by atoms with E-state index in [1.54, 1.807) is 0 Å². The molecule has 0 bridgehead atoms. The molecule has 0 aromatic heterocycles. The van der Waals surface area contributed by atoms with Gasteiger partial charge in [0.1, 0.15) is 0 Å². The number of hydrogen-bond acceptors (Lipinski definition) is 2. The normalized spacial score (nSPS) is 18.1. The standard InChI is InChI=1S/C14H18Br2N2O/c1-2-14(5-7-17-8-6-14)13(19)18-12-9-10(15)3-4-11(12)16/h3-4,9,17H,2,5-8H2,1H3,(H,18,19). The van der Waals surface area contributed by atoms with Gasteiger partial charge in [0.2, 0.25) is 5.91 Å². The minimum atomic E-state index is -0.229. The Morgan fingerprint density at radius 3 is 2.68 bits per heavy atom. The van der Waals surface area contributed by atoms with E-state index in [1.807, 2.05) is 18.2 Å². The largest absolute Gasteiger partial charge is 0.325 e. The molecule has 1 amide bonds. The number of benzene rings is 1. The summed E-state index contributed by atoms with van der Waals surface area (Å²) >= 11 is 6.91. The first-order chi connectivity index (χ1) is 9.07. The van der Waals surface area contributed by atoms with Crippen LogP contribution in [0.1, 0.15) is 26.2 Å². The van der Waals surface area contributed by atoms with Gasteiger partial charge in [0.25, 0.3) is 0 Å². The van der Waals surface area contributed by atoms with Gasteiger partial charge in [-0.15, -0.1) is 0 Å². The predicted octanol–water partition coefficient (Wildman–Crippen LogP) is 3.93. The van der Waals surface area contributed by atoms with E-state index in [0.717, 1.165) is 47.0 Å². The topological polar surface area (TPSA) is 41.1 Å². The SMILES string of the molecule is CCC1(C(=O)Nc2cc(Br)ccc2Br)CCNCC1. The van der Waals surface area contributed by atoms with Gasteiger partial charge >= 0.3 is 0 Å². The average Bonchev–Trinajstić information content (AvgIpc) is 2.43. The van der Waals surface area contributed by atoms with Crippen molar-refractivity contribution in [3.05, 3.63) is 27.1 Å². The molecule has 3 nitrogen and oxygen atoms in total. The quantitative estimate of drug-likeness (QED) is 0.822. The number of carbonyl (C=O) groups is 1. The van der Waals surface area contributed by atoms with Crippen molar-refractivity contribution >= 4 is 43.5 Å². The van der Waals surface area contributed by atoms with Crippen molar-refractivity contribution in [3.8, 4) is 0 Å². The molecule has 0 atom stereocenters. The van der Waals surface area contributed by atoms with Crippen molar-refractivity contribution in [1.29, 1.82) is 0 Å². The van der Waals surface area contributed by atoms with E-state index in [-0.39, 0.29) is 11.3 Å². The van der Waals surface area contributed by atoms with Gasteiger partial charge in [0.05, 0.1) is 11.1 Å². The first-order valence-corrected chi connectivity index (χ1v) is 8.13. The summed E-state index contributed by atoms with van der Waals surface area (Å²) in [6, 6.07) is 5.80. The van der Waals surface area contributed by atoms with Gasteiger partial charge in [-0.1, -0.05) is 22.9 Å². The fourth-order valence-electron chi connectivity index (χ4n) is 2.49. The summed E-state index contributed by atoms with van der Waals surface area (Å²) in [4.78, 5) is 12.6. The van der Waals surface area contributed by atoms with Crippen LogP contribution in [-0.4, -0.2) is 19.0 Å². The Bertz CT molecular complexity index is 471. The Morgan fingerprint density at radius 2 is 2.05 bits per heavy atom. The summed E-state index contributed by atoms with van der Waals surface area (Å²) in [7, 11) is 0. The number of halogens is 2. The number of piperidine rings is 1. The lowest BCUT2D eigenvalue weighted by Crippen LogP contribution is -2.44. The molecule has 1 saturated heterocycles. The highest BCUT2D eigenvalue weighted by molar-refractivity contribution is 9.11. The molecule has 1 aromatic rings. The highest BCUT2D eigenvalue weighted by atomic mass is 79.9. The molecule has 1 fully saturated rings. The number of hydrogen-bond donors (Lipinski definition) is 2. The summed E-state index contributed by atoms with van der Waals surface area (Å²) in [5, 5.41) is 6.39. The maximum Gasteiger partial charge on any atom is 0.230 e. The van der Waals surface area contributed by atoms with Crippen LogP contribution in [0.2, 0.25) is 0 Å². The minimum Gasteiger partial charge on any atom is -0.325 e. The molecule has 5 heteroatoms. The summed E-state index contributed by atoms with van der Waals surface area (Å²) < 4.78 is 1.87. The Kier molecular flexibility index (Phi) is 5.03. The van der Waals surface area contributed by atoms with Gasteiger partial charge < -0.3 is 10.6 Å². The van der Waals surface area contributed by atoms with Crippen LogP contribution >= 0.6 is 31.9 Å². The Hall–Kier alpha value is -0.390. The third-order valence-corrected chi connectivity index (χ3v) is 5.08. The van der Waals surface area contributed by atoms with Crippen LogP contribution in [0.5, 0.6) is 0 Å². The van der Waals surface area contributed by atoms with E-state index in [0.29, 0.717) is 0 Å². The number of amides is 1. The second kappa shape index (κ2) is 6.37. The molecule has 104 valence electrons. The van der Waals surface area contributed by atoms with Crippen LogP contribution in [0.25, 0.3) is 0 Å². The van der Waals surface area contributed by atoms with Gasteiger partial charge in [-0.05, 0) is 66.5 Å². The lowest BCUT2D eigenvalue weighted by Gasteiger charge is -2.35. The van der Waals surface area contributed by atoms with Crippen molar-refractivity contribution in [2.45, 2.75) is 26.2 Å². The third kappa shape index (κ3) is 3.38. The van der Waals surface area contributed by atoms with Crippen LogP contribution < -0.4 is 10.6 Å². The van der Waals surface area contributed by atoms with Gasteiger partial charge in [-0.25, -0.2) is 0 Å². The molecule has 0 spiro atoms. The molecular formula is C14H18Br2N2O. The van der Waals surface area contributed by atoms with Crippen LogP contribution in [0, 0.1) is 5.41 Å². The van der Waals surface area contributed by atoms with Crippen molar-refractivity contribution in [2.75, 3.05) is 18.4 Å². The minimum absolute atomic E-state index is 0.135. The summed E-state index contributed by atoms with van der Waals surface area (Å²) in [5.41, 5.74) is 0.596. The van der Waals surface area contributed by atoms with E-state index < -0.39 is 0 Å². The third-order valence-electron chi connectivity index (χ3n) is 3.90. The number of nitrogens with one attached hydrogen (secondary N) is 2. The summed E-state index contributed by atoms with van der Waals surface area (Å²) in [6.45, 7) is 3.93. The molecule has 2 N–H and O–H groups in total. The van der Waals surface area contributed by atoms with Gasteiger partial charge in [-0.3, -0.25) is 4.79 Å². The smallest absolute Gasteiger partial charge is 0.230 e. The molecule has 1 aromatic carbocycles. The Balaban J connectivity index is 2.17. The van der Waals surface area contributed by atoms with Crippen molar-refractivity contribution < 1.29 is 4.79 Å². The van der Waals surface area contributed by atoms with Crippen LogP contribution in [0.4, 0.5) is 5.69 Å². The molecular weight excluding hydrogens is 372 g/mol. The predicted molar refractivity (Wildman–Crippen MR) is 85.3 cm³/mol. The zero-order valence-corrected chi connectivity index (χ0v) is 14.1. The zero-order valence-electron chi connectivity index (χ0n) is 10.9. The van der Waals surface area contributed by atoms with Crippen molar-refractivity contribution in [2.24, 2.45) is 5.41 Å². The van der Waals surface area contributed by atoms with E-state index in [9.17, 15) is 4.79 Å². The highest BCUT2D eigenvalue weighted by Gasteiger charge is 2.37. The average molecular weight is 390 g/mol. The molecule has 0 unspecified atom stereocenters. The maximum atomic E-state index is 12.6. The van der Waals surface area contributed by atoms with Crippen molar-refractivity contribution in [3.63, 3.8) is 0 Å². The van der Waals surface area contributed by atoms with E-state index in [4.69, 9.17) is 0 Å². The monoisotopic (exact) mass is 388 g/mol. The van der Waals surface area contributed by atoms with Crippen LogP contribution in [0.15, 0.2) is 27.1 Å². The number of anilines is 1. The Morgan fingerprint density at radius 1 is 1.37 bits per heavy atom. The summed E-state index contributed by atoms with van der Waals surface area (Å²) in [6.07, 6.45) is 2.69. The molecule has 0 aliphatic carbocycles. The number of carbonyl (C=O) groups excluding carboxylic acids is 1. The fraction of sp³-hybridized carbons (Fsp3) is 0.500. The lowest BCUT2D eigenvalue weighted by molar-refractivity contribution is -0.127. The molecule has 1 aliphatic heterocycles. The van der Waals surface area contributed by atoms with Crippen LogP contribution in [0.3, 0.4) is 0 Å². The number of rotatable bonds is 3.